The maximum atomic E-state index is 13.0. The molecule has 3 atom stereocenters. The molecule has 0 aromatic heterocycles. The van der Waals surface area contributed by atoms with E-state index in [0.29, 0.717) is 11.1 Å². The summed E-state index contributed by atoms with van der Waals surface area (Å²) in [5.41, 5.74) is 2.48. The Hall–Kier alpha value is -2.73. The van der Waals surface area contributed by atoms with Crippen LogP contribution in [0.25, 0.3) is 0 Å². The van der Waals surface area contributed by atoms with Crippen LogP contribution in [0.2, 0.25) is 0 Å². The SMILES string of the molecule is Cc1ccccc1C(=O)NC1CCCCC1C(c1ccccc1[N+](=O)[O-])N(C)C. The first-order chi connectivity index (χ1) is 13.9. The number of nitrogens with zero attached hydrogens (tertiary/aromatic N) is 2. The van der Waals surface area contributed by atoms with Crippen LogP contribution in [0.3, 0.4) is 0 Å². The Morgan fingerprint density at radius 2 is 1.76 bits per heavy atom. The highest BCUT2D eigenvalue weighted by Crippen LogP contribution is 2.40. The molecule has 1 fully saturated rings. The van der Waals surface area contributed by atoms with E-state index < -0.39 is 0 Å². The van der Waals surface area contributed by atoms with E-state index in [1.54, 1.807) is 12.1 Å². The Bertz CT molecular complexity index is 881. The minimum atomic E-state index is -0.310. The zero-order valence-corrected chi connectivity index (χ0v) is 17.3. The van der Waals surface area contributed by atoms with Crippen LogP contribution in [0.1, 0.15) is 53.2 Å². The first-order valence-corrected chi connectivity index (χ1v) is 10.2. The van der Waals surface area contributed by atoms with E-state index in [2.05, 4.69) is 5.32 Å². The zero-order valence-electron chi connectivity index (χ0n) is 17.3. The number of nitro benzene ring substituents is 1. The maximum Gasteiger partial charge on any atom is 0.274 e. The quantitative estimate of drug-likeness (QED) is 0.577. The molecule has 3 rings (SSSR count). The standard InChI is InChI=1S/C23H29N3O3/c1-16-10-4-5-11-17(16)23(27)24-20-14-8-6-12-18(20)22(25(2)3)19-13-7-9-15-21(19)26(28)29/h4-5,7,9-11,13,15,18,20,22H,6,8,12,14H2,1-3H3,(H,24,27). The molecule has 6 heteroatoms. The van der Waals surface area contributed by atoms with Crippen LogP contribution in [-0.2, 0) is 0 Å². The summed E-state index contributed by atoms with van der Waals surface area (Å²) >= 11 is 0. The molecule has 0 bridgehead atoms. The number of hydrogen-bond acceptors (Lipinski definition) is 4. The summed E-state index contributed by atoms with van der Waals surface area (Å²) in [5, 5.41) is 14.9. The predicted molar refractivity (Wildman–Crippen MR) is 114 cm³/mol. The minimum Gasteiger partial charge on any atom is -0.349 e. The lowest BCUT2D eigenvalue weighted by atomic mass is 9.76. The highest BCUT2D eigenvalue weighted by atomic mass is 16.6. The molecule has 1 aliphatic rings. The van der Waals surface area contributed by atoms with Gasteiger partial charge in [-0.3, -0.25) is 14.9 Å². The molecule has 6 nitrogen and oxygen atoms in total. The molecule has 0 saturated heterocycles. The third-order valence-corrected chi connectivity index (χ3v) is 5.94. The zero-order chi connectivity index (χ0) is 21.0. The number of carbonyl (C=O) groups is 1. The Balaban J connectivity index is 1.92. The molecular weight excluding hydrogens is 366 g/mol. The van der Waals surface area contributed by atoms with E-state index in [1.807, 2.05) is 62.3 Å². The van der Waals surface area contributed by atoms with Crippen molar-refractivity contribution in [2.75, 3.05) is 14.1 Å². The highest BCUT2D eigenvalue weighted by molar-refractivity contribution is 5.95. The molecule has 1 N–H and O–H groups in total. The van der Waals surface area contributed by atoms with E-state index >= 15 is 0 Å². The smallest absolute Gasteiger partial charge is 0.274 e. The molecule has 0 aliphatic heterocycles. The van der Waals surface area contributed by atoms with Gasteiger partial charge in [0.1, 0.15) is 0 Å². The van der Waals surface area contributed by atoms with E-state index in [1.165, 1.54) is 0 Å². The normalized spacial score (nSPS) is 20.3. The fourth-order valence-corrected chi connectivity index (χ4v) is 4.59. The van der Waals surface area contributed by atoms with E-state index in [9.17, 15) is 14.9 Å². The second-order valence-electron chi connectivity index (χ2n) is 8.07. The summed E-state index contributed by atoms with van der Waals surface area (Å²) < 4.78 is 0. The second-order valence-corrected chi connectivity index (χ2v) is 8.07. The van der Waals surface area contributed by atoms with Crippen molar-refractivity contribution in [3.8, 4) is 0 Å². The molecule has 0 heterocycles. The average molecular weight is 396 g/mol. The molecule has 1 aliphatic carbocycles. The van der Waals surface area contributed by atoms with Crippen molar-refractivity contribution in [2.24, 2.45) is 5.92 Å². The molecule has 0 spiro atoms. The molecular formula is C23H29N3O3. The number of hydrogen-bond donors (Lipinski definition) is 1. The van der Waals surface area contributed by atoms with Gasteiger partial charge in [-0.15, -0.1) is 0 Å². The van der Waals surface area contributed by atoms with Crippen LogP contribution in [-0.4, -0.2) is 35.9 Å². The van der Waals surface area contributed by atoms with Crippen molar-refractivity contribution >= 4 is 11.6 Å². The Labute approximate surface area is 172 Å². The highest BCUT2D eigenvalue weighted by Gasteiger charge is 2.37. The van der Waals surface area contributed by atoms with E-state index in [-0.39, 0.29) is 34.5 Å². The van der Waals surface area contributed by atoms with Gasteiger partial charge in [-0.2, -0.15) is 0 Å². The van der Waals surface area contributed by atoms with Gasteiger partial charge in [-0.05, 0) is 51.4 Å². The number of nitro groups is 1. The van der Waals surface area contributed by atoms with E-state index in [0.717, 1.165) is 31.2 Å². The molecule has 2 aromatic carbocycles. The molecule has 29 heavy (non-hydrogen) atoms. The third kappa shape index (κ3) is 4.65. The topological polar surface area (TPSA) is 75.5 Å². The number of carbonyl (C=O) groups excluding carboxylic acids is 1. The lowest BCUT2D eigenvalue weighted by Crippen LogP contribution is -2.47. The Kier molecular flexibility index (Phi) is 6.64. The summed E-state index contributed by atoms with van der Waals surface area (Å²) in [4.78, 5) is 26.3. The van der Waals surface area contributed by atoms with Gasteiger partial charge in [0.15, 0.2) is 0 Å². The van der Waals surface area contributed by atoms with Gasteiger partial charge in [0, 0.05) is 29.3 Å². The summed E-state index contributed by atoms with van der Waals surface area (Å²) in [7, 11) is 3.91. The van der Waals surface area contributed by atoms with Crippen LogP contribution < -0.4 is 5.32 Å². The van der Waals surface area contributed by atoms with Crippen molar-refractivity contribution in [3.05, 3.63) is 75.3 Å². The molecule has 3 unspecified atom stereocenters. The van der Waals surface area contributed by atoms with Gasteiger partial charge in [0.25, 0.3) is 11.6 Å². The Morgan fingerprint density at radius 1 is 1.10 bits per heavy atom. The third-order valence-electron chi connectivity index (χ3n) is 5.94. The number of aryl methyl sites for hydroxylation is 1. The number of para-hydroxylation sites is 1. The fourth-order valence-electron chi connectivity index (χ4n) is 4.59. The van der Waals surface area contributed by atoms with Crippen molar-refractivity contribution in [1.29, 1.82) is 0 Å². The molecule has 1 amide bonds. The summed E-state index contributed by atoms with van der Waals surface area (Å²) in [6.45, 7) is 1.93. The van der Waals surface area contributed by atoms with Crippen LogP contribution in [0.15, 0.2) is 48.5 Å². The van der Waals surface area contributed by atoms with Crippen LogP contribution in [0.5, 0.6) is 0 Å². The largest absolute Gasteiger partial charge is 0.349 e. The van der Waals surface area contributed by atoms with Crippen molar-refractivity contribution in [3.63, 3.8) is 0 Å². The van der Waals surface area contributed by atoms with Crippen molar-refractivity contribution < 1.29 is 9.72 Å². The van der Waals surface area contributed by atoms with Crippen LogP contribution in [0.4, 0.5) is 5.69 Å². The average Bonchev–Trinajstić information content (AvgIpc) is 2.69. The summed E-state index contributed by atoms with van der Waals surface area (Å²) in [5.74, 6) is 0.0351. The van der Waals surface area contributed by atoms with E-state index in [4.69, 9.17) is 0 Å². The first kappa shape index (κ1) is 21.0. The molecule has 154 valence electrons. The van der Waals surface area contributed by atoms with Gasteiger partial charge < -0.3 is 10.2 Å². The number of amides is 1. The fraction of sp³-hybridized carbons (Fsp3) is 0.435. The van der Waals surface area contributed by atoms with Crippen LogP contribution in [0, 0.1) is 23.0 Å². The lowest BCUT2D eigenvalue weighted by molar-refractivity contribution is -0.386. The monoisotopic (exact) mass is 395 g/mol. The number of nitrogens with one attached hydrogen (secondary N) is 1. The van der Waals surface area contributed by atoms with Gasteiger partial charge in [-0.25, -0.2) is 0 Å². The first-order valence-electron chi connectivity index (χ1n) is 10.2. The van der Waals surface area contributed by atoms with Crippen LogP contribution >= 0.6 is 0 Å². The second kappa shape index (κ2) is 9.18. The van der Waals surface area contributed by atoms with Gasteiger partial charge in [0.05, 0.1) is 4.92 Å². The lowest BCUT2D eigenvalue weighted by Gasteiger charge is -2.40. The number of rotatable bonds is 6. The predicted octanol–water partition coefficient (Wildman–Crippen LogP) is 4.49. The Morgan fingerprint density at radius 3 is 2.45 bits per heavy atom. The van der Waals surface area contributed by atoms with Gasteiger partial charge >= 0.3 is 0 Å². The van der Waals surface area contributed by atoms with Gasteiger partial charge in [-0.1, -0.05) is 49.2 Å². The summed E-state index contributed by atoms with van der Waals surface area (Å²) in [6, 6.07) is 14.4. The number of benzene rings is 2. The minimum absolute atomic E-state index is 0.0249. The maximum absolute atomic E-state index is 13.0. The molecule has 0 radical (unpaired) electrons. The molecule has 1 saturated carbocycles. The summed E-state index contributed by atoms with van der Waals surface area (Å²) in [6.07, 6.45) is 3.92. The van der Waals surface area contributed by atoms with Crippen molar-refractivity contribution in [1.82, 2.24) is 10.2 Å². The molecule has 2 aromatic rings. The van der Waals surface area contributed by atoms with Gasteiger partial charge in [0.2, 0.25) is 0 Å². The van der Waals surface area contributed by atoms with Crippen molar-refractivity contribution in [2.45, 2.75) is 44.7 Å².